The van der Waals surface area contributed by atoms with Gasteiger partial charge in [0.25, 0.3) is 0 Å². The van der Waals surface area contributed by atoms with E-state index < -0.39 is 0 Å². The third kappa shape index (κ3) is 3.62. The molecule has 4 heterocycles. The second-order valence-corrected chi connectivity index (χ2v) is 6.13. The van der Waals surface area contributed by atoms with E-state index in [1.165, 1.54) is 0 Å². The summed E-state index contributed by atoms with van der Waals surface area (Å²) in [6.45, 7) is 1.58. The molecule has 0 radical (unpaired) electrons. The number of hydrogen-bond donors (Lipinski definition) is 1. The molecule has 0 unspecified atom stereocenters. The molecule has 0 spiro atoms. The Morgan fingerprint density at radius 1 is 1.27 bits per heavy atom. The molecule has 3 aromatic heterocycles. The first-order valence-electron chi connectivity index (χ1n) is 8.55. The molecule has 1 aliphatic heterocycles. The van der Waals surface area contributed by atoms with Gasteiger partial charge in [-0.2, -0.15) is 5.10 Å². The van der Waals surface area contributed by atoms with E-state index >= 15 is 0 Å². The zero-order valence-electron chi connectivity index (χ0n) is 14.2. The van der Waals surface area contributed by atoms with Crippen molar-refractivity contribution in [3.8, 4) is 11.3 Å². The van der Waals surface area contributed by atoms with Gasteiger partial charge in [-0.15, -0.1) is 0 Å². The number of carbonyl (C=O) groups is 1. The molecule has 3 aromatic rings. The molecule has 1 fully saturated rings. The van der Waals surface area contributed by atoms with Crippen LogP contribution < -0.4 is 0 Å². The van der Waals surface area contributed by atoms with Crippen molar-refractivity contribution in [2.24, 2.45) is 0 Å². The van der Waals surface area contributed by atoms with Crippen molar-refractivity contribution in [1.82, 2.24) is 25.1 Å². The number of nitrogens with one attached hydrogen (secondary N) is 1. The number of hydrogen-bond acceptors (Lipinski definition) is 5. The van der Waals surface area contributed by atoms with E-state index in [9.17, 15) is 4.79 Å². The van der Waals surface area contributed by atoms with Crippen LogP contribution in [0.1, 0.15) is 17.5 Å². The fourth-order valence-electron chi connectivity index (χ4n) is 3.01. The molecule has 0 bridgehead atoms. The lowest BCUT2D eigenvalue weighted by Crippen LogP contribution is -2.43. The number of aromatic amines is 1. The predicted molar refractivity (Wildman–Crippen MR) is 95.0 cm³/mol. The highest BCUT2D eigenvalue weighted by molar-refractivity contribution is 5.78. The van der Waals surface area contributed by atoms with E-state index in [-0.39, 0.29) is 12.0 Å². The zero-order chi connectivity index (χ0) is 17.8. The van der Waals surface area contributed by atoms with Gasteiger partial charge in [0.05, 0.1) is 37.2 Å². The van der Waals surface area contributed by atoms with E-state index in [0.717, 1.165) is 22.6 Å². The molecule has 7 nitrogen and oxygen atoms in total. The summed E-state index contributed by atoms with van der Waals surface area (Å²) in [5, 5.41) is 6.75. The highest BCUT2D eigenvalue weighted by atomic mass is 16.5. The summed E-state index contributed by atoms with van der Waals surface area (Å²) in [7, 11) is 0. The topological polar surface area (TPSA) is 84.0 Å². The summed E-state index contributed by atoms with van der Waals surface area (Å²) in [5.74, 6) is 0.0583. The first-order valence-corrected chi connectivity index (χ1v) is 8.55. The number of aromatic nitrogens is 4. The number of nitrogens with zero attached hydrogens (tertiary/aromatic N) is 4. The van der Waals surface area contributed by atoms with Crippen LogP contribution in [0.15, 0.2) is 55.0 Å². The summed E-state index contributed by atoms with van der Waals surface area (Å²) < 4.78 is 5.87. The number of H-pyrrole nitrogens is 1. The van der Waals surface area contributed by atoms with Crippen molar-refractivity contribution >= 4 is 5.91 Å². The molecular weight excluding hydrogens is 330 g/mol. The highest BCUT2D eigenvalue weighted by Gasteiger charge is 2.26. The molecule has 26 heavy (non-hydrogen) atoms. The molecule has 0 saturated carbocycles. The molecule has 0 aromatic carbocycles. The van der Waals surface area contributed by atoms with Gasteiger partial charge in [0.15, 0.2) is 0 Å². The molecule has 1 saturated heterocycles. The summed E-state index contributed by atoms with van der Waals surface area (Å²) in [5.41, 5.74) is 3.35. The van der Waals surface area contributed by atoms with Gasteiger partial charge in [0, 0.05) is 30.2 Å². The fraction of sp³-hybridized carbons (Fsp3) is 0.263. The van der Waals surface area contributed by atoms with Crippen LogP contribution in [0.4, 0.5) is 0 Å². The highest BCUT2D eigenvalue weighted by Crippen LogP contribution is 2.24. The lowest BCUT2D eigenvalue weighted by molar-refractivity contribution is -0.138. The van der Waals surface area contributed by atoms with Crippen LogP contribution in [0.3, 0.4) is 0 Å². The summed E-state index contributed by atoms with van der Waals surface area (Å²) in [6, 6.07) is 11.4. The number of carbonyl (C=O) groups excluding carboxylic acids is 1. The largest absolute Gasteiger partial charge is 0.368 e. The minimum atomic E-state index is -0.233. The Bertz CT molecular complexity index is 867. The van der Waals surface area contributed by atoms with Crippen LogP contribution in [0.25, 0.3) is 11.3 Å². The third-order valence-corrected chi connectivity index (χ3v) is 4.37. The van der Waals surface area contributed by atoms with Gasteiger partial charge in [-0.1, -0.05) is 12.1 Å². The Morgan fingerprint density at radius 3 is 3.04 bits per heavy atom. The van der Waals surface area contributed by atoms with Crippen molar-refractivity contribution in [2.75, 3.05) is 19.7 Å². The summed E-state index contributed by atoms with van der Waals surface area (Å²) >= 11 is 0. The lowest BCUT2D eigenvalue weighted by atomic mass is 10.1. The molecule has 132 valence electrons. The van der Waals surface area contributed by atoms with Crippen LogP contribution >= 0.6 is 0 Å². The average Bonchev–Trinajstić information content (AvgIpc) is 3.24. The van der Waals surface area contributed by atoms with Crippen LogP contribution in [0.5, 0.6) is 0 Å². The second kappa shape index (κ2) is 7.45. The first-order chi connectivity index (χ1) is 12.8. The zero-order valence-corrected chi connectivity index (χ0v) is 14.2. The number of amides is 1. The molecule has 7 heteroatoms. The van der Waals surface area contributed by atoms with Gasteiger partial charge in [-0.25, -0.2) is 4.98 Å². The molecule has 0 aliphatic carbocycles. The second-order valence-electron chi connectivity index (χ2n) is 6.13. The molecule has 1 aliphatic rings. The van der Waals surface area contributed by atoms with E-state index in [2.05, 4.69) is 20.2 Å². The number of ether oxygens (including phenoxy) is 1. The Hall–Kier alpha value is -3.06. The number of morpholine rings is 1. The lowest BCUT2D eigenvalue weighted by Gasteiger charge is -2.32. The molecule has 4 rings (SSSR count). The van der Waals surface area contributed by atoms with Crippen LogP contribution in [0, 0.1) is 0 Å². The normalized spacial score (nSPS) is 17.2. The van der Waals surface area contributed by atoms with E-state index in [0.29, 0.717) is 26.1 Å². The maximum Gasteiger partial charge on any atom is 0.228 e. The summed E-state index contributed by atoms with van der Waals surface area (Å²) in [4.78, 5) is 23.3. The smallest absolute Gasteiger partial charge is 0.228 e. The Kier molecular flexibility index (Phi) is 4.70. The van der Waals surface area contributed by atoms with Crippen molar-refractivity contribution in [3.05, 3.63) is 66.4 Å². The Labute approximate surface area is 151 Å². The van der Waals surface area contributed by atoms with Gasteiger partial charge >= 0.3 is 0 Å². The van der Waals surface area contributed by atoms with Crippen LogP contribution in [0.2, 0.25) is 0 Å². The van der Waals surface area contributed by atoms with Gasteiger partial charge in [-0.3, -0.25) is 14.9 Å². The predicted octanol–water partition coefficient (Wildman–Crippen LogP) is 2.01. The standard InChI is InChI=1S/C19H19N5O2/c25-19(10-15-4-1-2-7-20-15)24-8-9-26-18(13-24)17-6-3-5-16(23-17)14-11-21-22-12-14/h1-7,11-12,18H,8-10,13H2,(H,21,22)/t18-/m0/s1. The third-order valence-electron chi connectivity index (χ3n) is 4.37. The van der Waals surface area contributed by atoms with Crippen molar-refractivity contribution in [1.29, 1.82) is 0 Å². The molecular formula is C19H19N5O2. The van der Waals surface area contributed by atoms with Gasteiger partial charge in [0.2, 0.25) is 5.91 Å². The van der Waals surface area contributed by atoms with Crippen molar-refractivity contribution in [3.63, 3.8) is 0 Å². The molecule has 1 amide bonds. The average molecular weight is 349 g/mol. The fourth-order valence-corrected chi connectivity index (χ4v) is 3.01. The molecule has 1 atom stereocenters. The van der Waals surface area contributed by atoms with Gasteiger partial charge in [0.1, 0.15) is 6.10 Å². The van der Waals surface area contributed by atoms with E-state index in [1.54, 1.807) is 18.6 Å². The monoisotopic (exact) mass is 349 g/mol. The Balaban J connectivity index is 1.47. The molecule has 1 N–H and O–H groups in total. The Morgan fingerprint density at radius 2 is 2.23 bits per heavy atom. The number of rotatable bonds is 4. The van der Waals surface area contributed by atoms with E-state index in [1.807, 2.05) is 41.3 Å². The number of pyridine rings is 2. The van der Waals surface area contributed by atoms with Gasteiger partial charge < -0.3 is 9.64 Å². The van der Waals surface area contributed by atoms with Crippen LogP contribution in [-0.2, 0) is 16.0 Å². The SMILES string of the molecule is O=C(Cc1ccccn1)N1CCO[C@H](c2cccc(-c3cn[nH]c3)n2)C1. The van der Waals surface area contributed by atoms with Gasteiger partial charge in [-0.05, 0) is 24.3 Å². The first kappa shape index (κ1) is 16.4. The maximum absolute atomic E-state index is 12.6. The quantitative estimate of drug-likeness (QED) is 0.779. The minimum absolute atomic E-state index is 0.0583. The minimum Gasteiger partial charge on any atom is -0.368 e. The van der Waals surface area contributed by atoms with Crippen molar-refractivity contribution < 1.29 is 9.53 Å². The van der Waals surface area contributed by atoms with Crippen molar-refractivity contribution in [2.45, 2.75) is 12.5 Å². The van der Waals surface area contributed by atoms with Crippen LogP contribution in [-0.4, -0.2) is 50.7 Å². The maximum atomic E-state index is 12.6. The van der Waals surface area contributed by atoms with E-state index in [4.69, 9.17) is 4.74 Å². The summed E-state index contributed by atoms with van der Waals surface area (Å²) in [6.07, 6.45) is 5.31.